The number of benzene rings is 1. The Morgan fingerprint density at radius 2 is 1.52 bits per heavy atom. The summed E-state index contributed by atoms with van der Waals surface area (Å²) in [5, 5.41) is 0. The first-order valence-corrected chi connectivity index (χ1v) is 9.50. The van der Waals surface area contributed by atoms with E-state index in [2.05, 4.69) is 65.7 Å². The van der Waals surface area contributed by atoms with E-state index in [0.717, 1.165) is 13.1 Å². The summed E-state index contributed by atoms with van der Waals surface area (Å²) in [7, 11) is 0. The molecule has 0 aliphatic heterocycles. The molecular weight excluding hydrogens is 280 g/mol. The van der Waals surface area contributed by atoms with E-state index >= 15 is 0 Å². The molecule has 0 atom stereocenters. The molecule has 1 aromatic carbocycles. The number of hydrogen-bond donors (Lipinski definition) is 0. The normalized spacial score (nSPS) is 11.0. The van der Waals surface area contributed by atoms with E-state index in [0.29, 0.717) is 0 Å². The van der Waals surface area contributed by atoms with Crippen molar-refractivity contribution in [2.24, 2.45) is 0 Å². The van der Waals surface area contributed by atoms with Gasteiger partial charge >= 0.3 is 0 Å². The Labute approximate surface area is 142 Å². The fourth-order valence-corrected chi connectivity index (χ4v) is 3.23. The van der Waals surface area contributed by atoms with Crippen molar-refractivity contribution in [2.45, 2.75) is 78.3 Å². The van der Waals surface area contributed by atoms with Crippen molar-refractivity contribution in [3.63, 3.8) is 0 Å². The topological polar surface area (TPSA) is 8.81 Å². The van der Waals surface area contributed by atoms with E-state index in [1.54, 1.807) is 0 Å². The van der Waals surface area contributed by atoms with Gasteiger partial charge < -0.3 is 0 Å². The zero-order chi connectivity index (χ0) is 16.3. The van der Waals surface area contributed by atoms with Crippen molar-refractivity contribution in [2.75, 3.05) is 0 Å². The van der Waals surface area contributed by atoms with E-state index in [1.165, 1.54) is 62.8 Å². The fourth-order valence-electron chi connectivity index (χ4n) is 3.23. The minimum atomic E-state index is 1.09. The van der Waals surface area contributed by atoms with Gasteiger partial charge in [0, 0.05) is 0 Å². The SMILES string of the molecule is CCCCCCCCCn1cc[n+](CCC)c1-c1ccccc1. The second kappa shape index (κ2) is 10.3. The molecule has 2 heteroatoms. The number of aryl methyl sites for hydroxylation is 2. The van der Waals surface area contributed by atoms with Crippen molar-refractivity contribution in [3.8, 4) is 11.4 Å². The highest BCUT2D eigenvalue weighted by atomic mass is 15.1. The minimum Gasteiger partial charge on any atom is -0.230 e. The summed E-state index contributed by atoms with van der Waals surface area (Å²) in [5.41, 5.74) is 1.33. The second-order valence-electron chi connectivity index (χ2n) is 6.50. The van der Waals surface area contributed by atoms with Gasteiger partial charge in [-0.2, -0.15) is 0 Å². The van der Waals surface area contributed by atoms with Crippen molar-refractivity contribution in [1.29, 1.82) is 0 Å². The summed E-state index contributed by atoms with van der Waals surface area (Å²) in [6.45, 7) is 6.75. The Kier molecular flexibility index (Phi) is 7.92. The van der Waals surface area contributed by atoms with Crippen molar-refractivity contribution >= 4 is 0 Å². The predicted octanol–water partition coefficient (Wildman–Crippen LogP) is 5.60. The van der Waals surface area contributed by atoms with Crippen LogP contribution in [-0.2, 0) is 13.1 Å². The molecule has 0 aliphatic carbocycles. The third-order valence-corrected chi connectivity index (χ3v) is 4.47. The van der Waals surface area contributed by atoms with Gasteiger partial charge in [0.1, 0.15) is 12.4 Å². The Bertz CT molecular complexity index is 542. The summed E-state index contributed by atoms with van der Waals surface area (Å²) in [4.78, 5) is 0. The molecule has 0 aliphatic rings. The monoisotopic (exact) mass is 313 g/mol. The summed E-state index contributed by atoms with van der Waals surface area (Å²) in [5.74, 6) is 1.36. The number of nitrogens with zero attached hydrogens (tertiary/aromatic N) is 2. The van der Waals surface area contributed by atoms with Crippen LogP contribution in [0.3, 0.4) is 0 Å². The molecule has 1 aromatic heterocycles. The molecule has 0 radical (unpaired) electrons. The Balaban J connectivity index is 1.94. The van der Waals surface area contributed by atoms with Gasteiger partial charge in [0.15, 0.2) is 0 Å². The standard InChI is InChI=1S/C21H33N2/c1-3-5-6-7-8-9-13-17-23-19-18-22(16-4-2)21(23)20-14-11-10-12-15-20/h10-12,14-15,18-19H,3-9,13,16-17H2,1-2H3/q+1. The zero-order valence-corrected chi connectivity index (χ0v) is 15.0. The Hall–Kier alpha value is -1.57. The third kappa shape index (κ3) is 5.53. The van der Waals surface area contributed by atoms with E-state index < -0.39 is 0 Å². The lowest BCUT2D eigenvalue weighted by atomic mass is 10.1. The maximum atomic E-state index is 2.44. The molecule has 0 saturated heterocycles. The van der Waals surface area contributed by atoms with Gasteiger partial charge in [-0.05, 0) is 31.4 Å². The van der Waals surface area contributed by atoms with E-state index in [-0.39, 0.29) is 0 Å². The molecule has 2 nitrogen and oxygen atoms in total. The third-order valence-electron chi connectivity index (χ3n) is 4.47. The van der Waals surface area contributed by atoms with Crippen LogP contribution in [0.1, 0.15) is 65.2 Å². The van der Waals surface area contributed by atoms with Gasteiger partial charge in [0.2, 0.25) is 0 Å². The second-order valence-corrected chi connectivity index (χ2v) is 6.50. The van der Waals surface area contributed by atoms with E-state index in [9.17, 15) is 0 Å². The molecule has 0 unspecified atom stereocenters. The first-order chi connectivity index (χ1) is 11.4. The molecule has 0 fully saturated rings. The molecular formula is C21H33N2+. The number of aromatic nitrogens is 2. The average molecular weight is 314 g/mol. The summed E-state index contributed by atoms with van der Waals surface area (Å²) in [6, 6.07) is 10.8. The van der Waals surface area contributed by atoms with Crippen LogP contribution in [0.4, 0.5) is 0 Å². The quantitative estimate of drug-likeness (QED) is 0.377. The van der Waals surface area contributed by atoms with Crippen LogP contribution < -0.4 is 4.57 Å². The number of hydrogen-bond acceptors (Lipinski definition) is 0. The van der Waals surface area contributed by atoms with Gasteiger partial charge in [-0.3, -0.25) is 0 Å². The van der Waals surface area contributed by atoms with Crippen molar-refractivity contribution in [3.05, 3.63) is 42.7 Å². The molecule has 126 valence electrons. The number of rotatable bonds is 11. The first-order valence-electron chi connectivity index (χ1n) is 9.50. The highest BCUT2D eigenvalue weighted by Gasteiger charge is 2.18. The molecule has 0 bridgehead atoms. The molecule has 0 N–H and O–H groups in total. The lowest BCUT2D eigenvalue weighted by Crippen LogP contribution is -2.34. The van der Waals surface area contributed by atoms with Gasteiger partial charge in [0.05, 0.1) is 18.7 Å². The average Bonchev–Trinajstić information content (AvgIpc) is 2.98. The van der Waals surface area contributed by atoms with Crippen LogP contribution in [0.15, 0.2) is 42.7 Å². The van der Waals surface area contributed by atoms with Crippen LogP contribution in [0.25, 0.3) is 11.4 Å². The Morgan fingerprint density at radius 1 is 0.826 bits per heavy atom. The molecule has 0 amide bonds. The lowest BCUT2D eigenvalue weighted by molar-refractivity contribution is -0.685. The minimum absolute atomic E-state index is 1.09. The predicted molar refractivity (Wildman–Crippen MR) is 98.3 cm³/mol. The maximum absolute atomic E-state index is 2.44. The summed E-state index contributed by atoms with van der Waals surface area (Å²) < 4.78 is 4.84. The zero-order valence-electron chi connectivity index (χ0n) is 15.0. The summed E-state index contributed by atoms with van der Waals surface area (Å²) in [6.07, 6.45) is 15.2. The van der Waals surface area contributed by atoms with Crippen molar-refractivity contribution < 1.29 is 4.57 Å². The van der Waals surface area contributed by atoms with Crippen LogP contribution in [-0.4, -0.2) is 4.57 Å². The van der Waals surface area contributed by atoms with Crippen LogP contribution in [0.2, 0.25) is 0 Å². The van der Waals surface area contributed by atoms with Crippen molar-refractivity contribution in [1.82, 2.24) is 4.57 Å². The van der Waals surface area contributed by atoms with Gasteiger partial charge in [-0.25, -0.2) is 9.13 Å². The van der Waals surface area contributed by atoms with Crippen LogP contribution in [0, 0.1) is 0 Å². The first kappa shape index (κ1) is 17.8. The molecule has 2 rings (SSSR count). The summed E-state index contributed by atoms with van der Waals surface area (Å²) >= 11 is 0. The van der Waals surface area contributed by atoms with E-state index in [1.807, 2.05) is 0 Å². The lowest BCUT2D eigenvalue weighted by Gasteiger charge is -2.05. The van der Waals surface area contributed by atoms with Gasteiger partial charge in [0.25, 0.3) is 5.82 Å². The number of imidazole rings is 1. The molecule has 1 heterocycles. The fraction of sp³-hybridized carbons (Fsp3) is 0.571. The van der Waals surface area contributed by atoms with Crippen LogP contribution in [0.5, 0.6) is 0 Å². The highest BCUT2D eigenvalue weighted by molar-refractivity contribution is 5.52. The highest BCUT2D eigenvalue weighted by Crippen LogP contribution is 2.17. The molecule has 0 saturated carbocycles. The molecule has 0 spiro atoms. The van der Waals surface area contributed by atoms with Crippen LogP contribution >= 0.6 is 0 Å². The molecule has 2 aromatic rings. The molecule has 23 heavy (non-hydrogen) atoms. The van der Waals surface area contributed by atoms with Gasteiger partial charge in [-0.15, -0.1) is 0 Å². The largest absolute Gasteiger partial charge is 0.288 e. The smallest absolute Gasteiger partial charge is 0.230 e. The Morgan fingerprint density at radius 3 is 2.22 bits per heavy atom. The maximum Gasteiger partial charge on any atom is 0.288 e. The number of unbranched alkanes of at least 4 members (excludes halogenated alkanes) is 6. The van der Waals surface area contributed by atoms with E-state index in [4.69, 9.17) is 0 Å². The van der Waals surface area contributed by atoms with Gasteiger partial charge in [-0.1, -0.05) is 64.2 Å².